The summed E-state index contributed by atoms with van der Waals surface area (Å²) >= 11 is 0. The van der Waals surface area contributed by atoms with E-state index < -0.39 is 11.6 Å². The molecule has 0 radical (unpaired) electrons. The second-order valence-electron chi connectivity index (χ2n) is 4.30. The fourth-order valence-electron chi connectivity index (χ4n) is 1.91. The number of nitrogens with two attached hydrogens (primary N) is 1. The maximum absolute atomic E-state index is 13.2. The van der Waals surface area contributed by atoms with Crippen LogP contribution in [0, 0.1) is 11.6 Å². The summed E-state index contributed by atoms with van der Waals surface area (Å²) in [6.45, 7) is 2.00. The van der Waals surface area contributed by atoms with Crippen LogP contribution in [0.3, 0.4) is 0 Å². The molecule has 0 spiro atoms. The van der Waals surface area contributed by atoms with E-state index in [0.29, 0.717) is 5.56 Å². The summed E-state index contributed by atoms with van der Waals surface area (Å²) in [5, 5.41) is 0. The van der Waals surface area contributed by atoms with Crippen molar-refractivity contribution in [3.05, 3.63) is 59.7 Å². The van der Waals surface area contributed by atoms with Crippen LogP contribution >= 0.6 is 0 Å². The molecule has 0 aromatic heterocycles. The summed E-state index contributed by atoms with van der Waals surface area (Å²) in [6.07, 6.45) is 0.820. The summed E-state index contributed by atoms with van der Waals surface area (Å²) < 4.78 is 26.3. The Bertz CT molecular complexity index is 532. The van der Waals surface area contributed by atoms with Crippen molar-refractivity contribution in [2.75, 3.05) is 0 Å². The van der Waals surface area contributed by atoms with Crippen LogP contribution in [-0.4, -0.2) is 0 Å². The number of hydrogen-bond acceptors (Lipinski definition) is 1. The van der Waals surface area contributed by atoms with Crippen LogP contribution in [0.1, 0.15) is 24.9 Å². The lowest BCUT2D eigenvalue weighted by atomic mass is 9.98. The number of rotatable bonds is 3. The average Bonchev–Trinajstić information content (AvgIpc) is 2.37. The van der Waals surface area contributed by atoms with Gasteiger partial charge in [0.15, 0.2) is 0 Å². The predicted octanol–water partition coefficient (Wildman–Crippen LogP) is 4.04. The standard InChI is InChI=1S/C15H15F2N/c1-2-15(18)11-5-3-4-10(6-11)12-7-13(16)9-14(17)8-12/h3-9,15H,2,18H2,1H3. The maximum Gasteiger partial charge on any atom is 0.126 e. The Balaban J connectivity index is 2.44. The van der Waals surface area contributed by atoms with Gasteiger partial charge >= 0.3 is 0 Å². The third kappa shape index (κ3) is 2.74. The van der Waals surface area contributed by atoms with Crippen LogP contribution in [-0.2, 0) is 0 Å². The number of halogens is 2. The third-order valence-corrected chi connectivity index (χ3v) is 2.95. The number of benzene rings is 2. The zero-order chi connectivity index (χ0) is 13.1. The Morgan fingerprint density at radius 1 is 1.00 bits per heavy atom. The van der Waals surface area contributed by atoms with Gasteiger partial charge in [-0.05, 0) is 41.3 Å². The average molecular weight is 247 g/mol. The minimum absolute atomic E-state index is 0.0524. The molecule has 2 rings (SSSR count). The van der Waals surface area contributed by atoms with Gasteiger partial charge in [0.2, 0.25) is 0 Å². The molecule has 0 aliphatic heterocycles. The highest BCUT2D eigenvalue weighted by Gasteiger charge is 2.07. The van der Waals surface area contributed by atoms with Crippen LogP contribution in [0.2, 0.25) is 0 Å². The predicted molar refractivity (Wildman–Crippen MR) is 69.0 cm³/mol. The highest BCUT2D eigenvalue weighted by atomic mass is 19.1. The Morgan fingerprint density at radius 3 is 2.28 bits per heavy atom. The lowest BCUT2D eigenvalue weighted by molar-refractivity contribution is 0.584. The molecule has 0 aliphatic carbocycles. The number of hydrogen-bond donors (Lipinski definition) is 1. The first-order valence-corrected chi connectivity index (χ1v) is 5.92. The second-order valence-corrected chi connectivity index (χ2v) is 4.30. The van der Waals surface area contributed by atoms with Crippen molar-refractivity contribution < 1.29 is 8.78 Å². The van der Waals surface area contributed by atoms with Crippen molar-refractivity contribution in [2.45, 2.75) is 19.4 Å². The third-order valence-electron chi connectivity index (χ3n) is 2.95. The molecule has 18 heavy (non-hydrogen) atoms. The molecule has 1 nitrogen and oxygen atoms in total. The monoisotopic (exact) mass is 247 g/mol. The van der Waals surface area contributed by atoms with Crippen LogP contribution in [0.15, 0.2) is 42.5 Å². The lowest BCUT2D eigenvalue weighted by Gasteiger charge is -2.11. The van der Waals surface area contributed by atoms with Crippen molar-refractivity contribution in [1.82, 2.24) is 0 Å². The van der Waals surface area contributed by atoms with E-state index >= 15 is 0 Å². The molecule has 0 aliphatic rings. The van der Waals surface area contributed by atoms with Crippen molar-refractivity contribution in [1.29, 1.82) is 0 Å². The molecule has 94 valence electrons. The summed E-state index contributed by atoms with van der Waals surface area (Å²) in [4.78, 5) is 0. The zero-order valence-corrected chi connectivity index (χ0v) is 10.2. The van der Waals surface area contributed by atoms with E-state index in [-0.39, 0.29) is 6.04 Å². The summed E-state index contributed by atoms with van der Waals surface area (Å²) in [5.74, 6) is -1.15. The smallest absolute Gasteiger partial charge is 0.126 e. The Labute approximate surface area is 105 Å². The first kappa shape index (κ1) is 12.7. The molecule has 0 bridgehead atoms. The van der Waals surface area contributed by atoms with Crippen LogP contribution in [0.25, 0.3) is 11.1 Å². The molecule has 1 atom stereocenters. The second kappa shape index (κ2) is 5.27. The quantitative estimate of drug-likeness (QED) is 0.870. The fraction of sp³-hybridized carbons (Fsp3) is 0.200. The van der Waals surface area contributed by atoms with Gasteiger partial charge in [-0.15, -0.1) is 0 Å². The summed E-state index contributed by atoms with van der Waals surface area (Å²) in [5.41, 5.74) is 8.22. The zero-order valence-electron chi connectivity index (χ0n) is 10.2. The molecule has 0 saturated carbocycles. The van der Waals surface area contributed by atoms with Crippen molar-refractivity contribution in [3.63, 3.8) is 0 Å². The molecular formula is C15H15F2N. The normalized spacial score (nSPS) is 12.4. The highest BCUT2D eigenvalue weighted by Crippen LogP contribution is 2.25. The van der Waals surface area contributed by atoms with Gasteiger partial charge in [-0.3, -0.25) is 0 Å². The Morgan fingerprint density at radius 2 is 1.67 bits per heavy atom. The molecular weight excluding hydrogens is 232 g/mol. The van der Waals surface area contributed by atoms with E-state index in [2.05, 4.69) is 0 Å². The molecule has 0 saturated heterocycles. The minimum Gasteiger partial charge on any atom is -0.324 e. The fourth-order valence-corrected chi connectivity index (χ4v) is 1.91. The van der Waals surface area contributed by atoms with E-state index in [1.165, 1.54) is 12.1 Å². The van der Waals surface area contributed by atoms with Crippen molar-refractivity contribution in [2.24, 2.45) is 5.73 Å². The summed E-state index contributed by atoms with van der Waals surface area (Å²) in [6, 6.07) is 10.9. The van der Waals surface area contributed by atoms with Crippen molar-refractivity contribution >= 4 is 0 Å². The van der Waals surface area contributed by atoms with Gasteiger partial charge in [0.1, 0.15) is 11.6 Å². The molecule has 0 amide bonds. The van der Waals surface area contributed by atoms with E-state index in [1.54, 1.807) is 0 Å². The SMILES string of the molecule is CCC(N)c1cccc(-c2cc(F)cc(F)c2)c1. The van der Waals surface area contributed by atoms with Gasteiger partial charge in [-0.1, -0.05) is 25.1 Å². The molecule has 0 heterocycles. The summed E-state index contributed by atoms with van der Waals surface area (Å²) in [7, 11) is 0. The van der Waals surface area contributed by atoms with Gasteiger partial charge in [-0.2, -0.15) is 0 Å². The van der Waals surface area contributed by atoms with E-state index in [1.807, 2.05) is 31.2 Å². The topological polar surface area (TPSA) is 26.0 Å². The molecule has 2 N–H and O–H groups in total. The van der Waals surface area contributed by atoms with Gasteiger partial charge in [-0.25, -0.2) is 8.78 Å². The largest absolute Gasteiger partial charge is 0.324 e. The molecule has 1 unspecified atom stereocenters. The van der Waals surface area contributed by atoms with E-state index in [4.69, 9.17) is 5.73 Å². The van der Waals surface area contributed by atoms with Gasteiger partial charge < -0.3 is 5.73 Å². The minimum atomic E-state index is -0.574. The first-order valence-electron chi connectivity index (χ1n) is 5.92. The van der Waals surface area contributed by atoms with Gasteiger partial charge in [0.25, 0.3) is 0 Å². The highest BCUT2D eigenvalue weighted by molar-refractivity contribution is 5.64. The first-order chi connectivity index (χ1) is 8.60. The van der Waals surface area contributed by atoms with Gasteiger partial charge in [0.05, 0.1) is 0 Å². The van der Waals surface area contributed by atoms with Crippen LogP contribution < -0.4 is 5.73 Å². The maximum atomic E-state index is 13.2. The van der Waals surface area contributed by atoms with Crippen molar-refractivity contribution in [3.8, 4) is 11.1 Å². The van der Waals surface area contributed by atoms with Gasteiger partial charge in [0, 0.05) is 12.1 Å². The van der Waals surface area contributed by atoms with E-state index in [9.17, 15) is 8.78 Å². The van der Waals surface area contributed by atoms with Crippen LogP contribution in [0.5, 0.6) is 0 Å². The lowest BCUT2D eigenvalue weighted by Crippen LogP contribution is -2.08. The molecule has 2 aromatic carbocycles. The molecule has 3 heteroatoms. The Kier molecular flexibility index (Phi) is 3.72. The molecule has 2 aromatic rings. The van der Waals surface area contributed by atoms with E-state index in [0.717, 1.165) is 23.6 Å². The molecule has 0 fully saturated rings. The van der Waals surface area contributed by atoms with Crippen LogP contribution in [0.4, 0.5) is 8.78 Å². The Hall–Kier alpha value is -1.74.